The number of fused-ring (bicyclic) bond motifs is 1. The Hall–Kier alpha value is -2.03. The summed E-state index contributed by atoms with van der Waals surface area (Å²) in [6.07, 6.45) is 0. The van der Waals surface area contributed by atoms with E-state index in [1.165, 1.54) is 10.8 Å². The van der Waals surface area contributed by atoms with Crippen LogP contribution in [0.5, 0.6) is 0 Å². The van der Waals surface area contributed by atoms with Crippen molar-refractivity contribution in [1.82, 2.24) is 5.32 Å². The van der Waals surface area contributed by atoms with Crippen molar-refractivity contribution in [2.45, 2.75) is 13.8 Å². The van der Waals surface area contributed by atoms with E-state index in [2.05, 4.69) is 49.5 Å². The second-order valence-electron chi connectivity index (χ2n) is 5.59. The van der Waals surface area contributed by atoms with E-state index in [-0.39, 0.29) is 5.91 Å². The van der Waals surface area contributed by atoms with Gasteiger partial charge in [0.15, 0.2) is 0 Å². The number of rotatable bonds is 5. The van der Waals surface area contributed by atoms with Crippen LogP contribution >= 0.6 is 0 Å². The molecule has 3 heteroatoms. The van der Waals surface area contributed by atoms with Crippen molar-refractivity contribution in [3.63, 3.8) is 0 Å². The fraction of sp³-hybridized carbons (Fsp3) is 0.353. The van der Waals surface area contributed by atoms with Crippen molar-refractivity contribution in [3.05, 3.63) is 42.5 Å². The monoisotopic (exact) mass is 270 g/mol. The molecule has 106 valence electrons. The highest BCUT2D eigenvalue weighted by atomic mass is 16.2. The molecule has 20 heavy (non-hydrogen) atoms. The number of hydrogen-bond acceptors (Lipinski definition) is 2. The van der Waals surface area contributed by atoms with Gasteiger partial charge in [-0.25, -0.2) is 0 Å². The highest BCUT2D eigenvalue weighted by molar-refractivity contribution is 5.87. The zero-order chi connectivity index (χ0) is 14.5. The second kappa shape index (κ2) is 6.42. The van der Waals surface area contributed by atoms with Crippen molar-refractivity contribution in [2.24, 2.45) is 5.92 Å². The van der Waals surface area contributed by atoms with Gasteiger partial charge in [0.05, 0.1) is 6.54 Å². The largest absolute Gasteiger partial charge is 0.365 e. The van der Waals surface area contributed by atoms with Gasteiger partial charge in [0.1, 0.15) is 0 Å². The summed E-state index contributed by atoms with van der Waals surface area (Å²) in [4.78, 5) is 13.8. The van der Waals surface area contributed by atoms with Gasteiger partial charge in [-0.1, -0.05) is 44.2 Å². The molecule has 0 aliphatic heterocycles. The molecule has 3 nitrogen and oxygen atoms in total. The number of amides is 1. The van der Waals surface area contributed by atoms with Crippen LogP contribution in [0, 0.1) is 5.92 Å². The van der Waals surface area contributed by atoms with Crippen LogP contribution in [0.4, 0.5) is 5.69 Å². The molecule has 0 saturated carbocycles. The third-order valence-corrected chi connectivity index (χ3v) is 3.26. The number of carbonyl (C=O) groups is 1. The highest BCUT2D eigenvalue weighted by Crippen LogP contribution is 2.20. The topological polar surface area (TPSA) is 32.3 Å². The Bertz CT molecular complexity index is 592. The third kappa shape index (κ3) is 3.73. The molecular formula is C17H22N2O. The highest BCUT2D eigenvalue weighted by Gasteiger charge is 2.08. The van der Waals surface area contributed by atoms with Crippen LogP contribution in [0.1, 0.15) is 13.8 Å². The van der Waals surface area contributed by atoms with Gasteiger partial charge in [-0.2, -0.15) is 0 Å². The maximum Gasteiger partial charge on any atom is 0.239 e. The van der Waals surface area contributed by atoms with Crippen LogP contribution in [0.15, 0.2) is 42.5 Å². The van der Waals surface area contributed by atoms with Crippen LogP contribution in [-0.2, 0) is 4.79 Å². The number of hydrogen-bond donors (Lipinski definition) is 1. The molecule has 0 spiro atoms. The van der Waals surface area contributed by atoms with Crippen molar-refractivity contribution in [1.29, 1.82) is 0 Å². The predicted octanol–water partition coefficient (Wildman–Crippen LogP) is 3.05. The molecule has 2 aromatic carbocycles. The fourth-order valence-electron chi connectivity index (χ4n) is 2.09. The molecule has 1 N–H and O–H groups in total. The lowest BCUT2D eigenvalue weighted by Crippen LogP contribution is -2.36. The summed E-state index contributed by atoms with van der Waals surface area (Å²) in [5.74, 6) is 0.541. The maximum atomic E-state index is 11.8. The Morgan fingerprint density at radius 1 is 1.15 bits per heavy atom. The zero-order valence-electron chi connectivity index (χ0n) is 12.4. The molecule has 0 saturated heterocycles. The number of benzene rings is 2. The Balaban J connectivity index is 2.03. The second-order valence-corrected chi connectivity index (χ2v) is 5.59. The smallest absolute Gasteiger partial charge is 0.239 e. The number of nitrogens with one attached hydrogen (secondary N) is 1. The molecule has 0 bridgehead atoms. The van der Waals surface area contributed by atoms with E-state index in [0.717, 1.165) is 12.2 Å². The van der Waals surface area contributed by atoms with Gasteiger partial charge in [-0.05, 0) is 28.8 Å². The molecule has 0 aliphatic rings. The number of carbonyl (C=O) groups excluding carboxylic acids is 1. The number of nitrogens with zero attached hydrogens (tertiary/aromatic N) is 1. The van der Waals surface area contributed by atoms with Crippen LogP contribution in [0.2, 0.25) is 0 Å². The van der Waals surface area contributed by atoms with Crippen molar-refractivity contribution >= 4 is 22.4 Å². The summed E-state index contributed by atoms with van der Waals surface area (Å²) in [5, 5.41) is 5.35. The minimum Gasteiger partial charge on any atom is -0.365 e. The number of likely N-dealkylation sites (N-methyl/N-ethyl adjacent to an activating group) is 1. The molecule has 1 amide bonds. The first-order chi connectivity index (χ1) is 9.56. The molecule has 0 unspecified atom stereocenters. The molecule has 0 aromatic heterocycles. The van der Waals surface area contributed by atoms with Gasteiger partial charge in [0, 0.05) is 19.3 Å². The van der Waals surface area contributed by atoms with E-state index in [4.69, 9.17) is 0 Å². The molecule has 0 aliphatic carbocycles. The van der Waals surface area contributed by atoms with Crippen LogP contribution in [0.3, 0.4) is 0 Å². The van der Waals surface area contributed by atoms with Gasteiger partial charge < -0.3 is 10.2 Å². The Kier molecular flexibility index (Phi) is 4.61. The van der Waals surface area contributed by atoms with E-state index >= 15 is 0 Å². The van der Waals surface area contributed by atoms with Gasteiger partial charge in [-0.15, -0.1) is 0 Å². The first kappa shape index (κ1) is 14.4. The quantitative estimate of drug-likeness (QED) is 0.905. The lowest BCUT2D eigenvalue weighted by atomic mass is 10.1. The van der Waals surface area contributed by atoms with Gasteiger partial charge >= 0.3 is 0 Å². The van der Waals surface area contributed by atoms with E-state index in [0.29, 0.717) is 12.5 Å². The summed E-state index contributed by atoms with van der Waals surface area (Å²) < 4.78 is 0. The Morgan fingerprint density at radius 3 is 2.55 bits per heavy atom. The Morgan fingerprint density at radius 2 is 1.85 bits per heavy atom. The standard InChI is InChI=1S/C17H22N2O/c1-13(2)11-18-17(20)12-19(3)16-9-8-14-6-4-5-7-15(14)10-16/h4-10,13H,11-12H2,1-3H3,(H,18,20). The van der Waals surface area contributed by atoms with Crippen LogP contribution in [-0.4, -0.2) is 26.0 Å². The maximum absolute atomic E-state index is 11.8. The lowest BCUT2D eigenvalue weighted by molar-refractivity contribution is -0.119. The molecule has 0 atom stereocenters. The fourth-order valence-corrected chi connectivity index (χ4v) is 2.09. The first-order valence-electron chi connectivity index (χ1n) is 7.03. The number of anilines is 1. The van der Waals surface area contributed by atoms with E-state index in [1.54, 1.807) is 0 Å². The van der Waals surface area contributed by atoms with Gasteiger partial charge in [-0.3, -0.25) is 4.79 Å². The molecule has 0 heterocycles. The SMILES string of the molecule is CC(C)CNC(=O)CN(C)c1ccc2ccccc2c1. The summed E-state index contributed by atoms with van der Waals surface area (Å²) in [6.45, 7) is 5.29. The lowest BCUT2D eigenvalue weighted by Gasteiger charge is -2.19. The first-order valence-corrected chi connectivity index (χ1v) is 7.03. The third-order valence-electron chi connectivity index (χ3n) is 3.26. The van der Waals surface area contributed by atoms with Crippen LogP contribution < -0.4 is 10.2 Å². The van der Waals surface area contributed by atoms with E-state index < -0.39 is 0 Å². The van der Waals surface area contributed by atoms with E-state index in [1.807, 2.05) is 24.1 Å². The predicted molar refractivity (Wildman–Crippen MR) is 85.1 cm³/mol. The Labute approximate surface area is 120 Å². The summed E-state index contributed by atoms with van der Waals surface area (Å²) in [6, 6.07) is 14.5. The van der Waals surface area contributed by atoms with Crippen molar-refractivity contribution < 1.29 is 4.79 Å². The molecule has 0 fully saturated rings. The average molecular weight is 270 g/mol. The molecule has 2 rings (SSSR count). The summed E-state index contributed by atoms with van der Waals surface area (Å²) >= 11 is 0. The van der Waals surface area contributed by atoms with Crippen LogP contribution in [0.25, 0.3) is 10.8 Å². The molecule has 2 aromatic rings. The summed E-state index contributed by atoms with van der Waals surface area (Å²) in [7, 11) is 1.94. The van der Waals surface area contributed by atoms with Crippen molar-refractivity contribution in [2.75, 3.05) is 25.0 Å². The minimum absolute atomic E-state index is 0.0642. The van der Waals surface area contributed by atoms with E-state index in [9.17, 15) is 4.79 Å². The minimum atomic E-state index is 0.0642. The normalized spacial score (nSPS) is 10.8. The summed E-state index contributed by atoms with van der Waals surface area (Å²) in [5.41, 5.74) is 1.06. The zero-order valence-corrected chi connectivity index (χ0v) is 12.4. The molecular weight excluding hydrogens is 248 g/mol. The van der Waals surface area contributed by atoms with Gasteiger partial charge in [0.2, 0.25) is 5.91 Å². The average Bonchev–Trinajstić information content (AvgIpc) is 2.44. The van der Waals surface area contributed by atoms with Gasteiger partial charge in [0.25, 0.3) is 0 Å². The molecule has 0 radical (unpaired) electrons. The van der Waals surface area contributed by atoms with Crippen molar-refractivity contribution in [3.8, 4) is 0 Å².